The Labute approximate surface area is 115 Å². The van der Waals surface area contributed by atoms with Crippen LogP contribution >= 0.6 is 0 Å². The number of para-hydroxylation sites is 1. The lowest BCUT2D eigenvalue weighted by atomic mass is 10.1. The van der Waals surface area contributed by atoms with E-state index in [-0.39, 0.29) is 5.91 Å². The predicted molar refractivity (Wildman–Crippen MR) is 78.3 cm³/mol. The van der Waals surface area contributed by atoms with E-state index < -0.39 is 0 Å². The fourth-order valence-electron chi connectivity index (χ4n) is 2.00. The number of hydrogen-bond donors (Lipinski definition) is 1. The molecule has 1 N–H and O–H groups in total. The topological polar surface area (TPSA) is 35.6 Å². The summed E-state index contributed by atoms with van der Waals surface area (Å²) in [6.45, 7) is 1.29. The van der Waals surface area contributed by atoms with Crippen molar-refractivity contribution in [3.8, 4) is 0 Å². The average molecular weight is 261 g/mol. The van der Waals surface area contributed by atoms with Crippen LogP contribution in [0.1, 0.15) is 18.4 Å². The van der Waals surface area contributed by atoms with Crippen LogP contribution in [-0.4, -0.2) is 44.5 Å². The van der Waals surface area contributed by atoms with Crippen molar-refractivity contribution < 1.29 is 4.79 Å². The molecule has 1 saturated carbocycles. The summed E-state index contributed by atoms with van der Waals surface area (Å²) in [5.74, 6) is 0.118. The molecular formula is C15H23N3O. The molecule has 0 bridgehead atoms. The molecule has 104 valence electrons. The number of carbonyl (C=O) groups is 1. The van der Waals surface area contributed by atoms with Crippen molar-refractivity contribution in [1.82, 2.24) is 10.2 Å². The van der Waals surface area contributed by atoms with Gasteiger partial charge in [-0.15, -0.1) is 0 Å². The molecule has 2 rings (SSSR count). The van der Waals surface area contributed by atoms with Crippen LogP contribution in [0, 0.1) is 0 Å². The van der Waals surface area contributed by atoms with Gasteiger partial charge < -0.3 is 15.1 Å². The summed E-state index contributed by atoms with van der Waals surface area (Å²) in [5, 5.41) is 3.52. The van der Waals surface area contributed by atoms with E-state index >= 15 is 0 Å². The normalized spacial score (nSPS) is 14.3. The fraction of sp³-hybridized carbons (Fsp3) is 0.533. The van der Waals surface area contributed by atoms with Gasteiger partial charge in [0.1, 0.15) is 0 Å². The summed E-state index contributed by atoms with van der Waals surface area (Å²) in [7, 11) is 5.55. The second-order valence-electron chi connectivity index (χ2n) is 5.43. The lowest BCUT2D eigenvalue weighted by molar-refractivity contribution is -0.127. The van der Waals surface area contributed by atoms with Crippen molar-refractivity contribution in [1.29, 1.82) is 0 Å². The molecule has 0 aliphatic heterocycles. The second-order valence-corrected chi connectivity index (χ2v) is 5.43. The number of likely N-dealkylation sites (N-methyl/N-ethyl adjacent to an activating group) is 2. The smallest absolute Gasteiger partial charge is 0.241 e. The number of nitrogens with zero attached hydrogens (tertiary/aromatic N) is 2. The van der Waals surface area contributed by atoms with Gasteiger partial charge in [0, 0.05) is 39.4 Å². The van der Waals surface area contributed by atoms with Gasteiger partial charge in [-0.05, 0) is 24.5 Å². The molecular weight excluding hydrogens is 238 g/mol. The summed E-state index contributed by atoms with van der Waals surface area (Å²) in [5.41, 5.74) is 2.38. The first-order valence-corrected chi connectivity index (χ1v) is 6.80. The first kappa shape index (κ1) is 13.9. The van der Waals surface area contributed by atoms with Crippen LogP contribution in [0.15, 0.2) is 24.3 Å². The van der Waals surface area contributed by atoms with Crippen LogP contribution in [0.4, 0.5) is 5.69 Å². The summed E-state index contributed by atoms with van der Waals surface area (Å²) >= 11 is 0. The minimum absolute atomic E-state index is 0.118. The molecule has 0 radical (unpaired) electrons. The molecule has 4 nitrogen and oxygen atoms in total. The van der Waals surface area contributed by atoms with E-state index in [1.165, 1.54) is 18.4 Å². The summed E-state index contributed by atoms with van der Waals surface area (Å²) in [4.78, 5) is 15.4. The van der Waals surface area contributed by atoms with Crippen LogP contribution in [0.3, 0.4) is 0 Å². The van der Waals surface area contributed by atoms with E-state index in [1.807, 2.05) is 18.0 Å². The van der Waals surface area contributed by atoms with E-state index in [1.54, 1.807) is 19.0 Å². The van der Waals surface area contributed by atoms with Gasteiger partial charge in [-0.25, -0.2) is 0 Å². The third-order valence-corrected chi connectivity index (χ3v) is 3.43. The molecule has 1 aliphatic carbocycles. The Hall–Kier alpha value is -1.55. The molecule has 1 aromatic carbocycles. The number of benzene rings is 1. The maximum absolute atomic E-state index is 11.8. The zero-order chi connectivity index (χ0) is 13.8. The highest BCUT2D eigenvalue weighted by Gasteiger charge is 2.21. The number of carbonyl (C=O) groups excluding carboxylic acids is 1. The largest absolute Gasteiger partial charge is 0.365 e. The molecule has 0 atom stereocenters. The fourth-order valence-corrected chi connectivity index (χ4v) is 2.00. The first-order chi connectivity index (χ1) is 9.08. The zero-order valence-electron chi connectivity index (χ0n) is 12.0. The van der Waals surface area contributed by atoms with Gasteiger partial charge in [0.25, 0.3) is 0 Å². The van der Waals surface area contributed by atoms with Crippen molar-refractivity contribution in [2.75, 3.05) is 32.6 Å². The molecule has 0 spiro atoms. The van der Waals surface area contributed by atoms with Crippen molar-refractivity contribution in [2.24, 2.45) is 0 Å². The van der Waals surface area contributed by atoms with Crippen LogP contribution < -0.4 is 10.2 Å². The molecule has 1 fully saturated rings. The van der Waals surface area contributed by atoms with E-state index in [0.717, 1.165) is 12.2 Å². The van der Waals surface area contributed by atoms with E-state index in [4.69, 9.17) is 0 Å². The molecule has 0 saturated heterocycles. The lowest BCUT2D eigenvalue weighted by Gasteiger charge is -2.23. The highest BCUT2D eigenvalue weighted by atomic mass is 16.2. The molecule has 0 aromatic heterocycles. The third-order valence-electron chi connectivity index (χ3n) is 3.43. The Morgan fingerprint density at radius 2 is 1.95 bits per heavy atom. The van der Waals surface area contributed by atoms with Gasteiger partial charge in [-0.1, -0.05) is 18.2 Å². The Bertz CT molecular complexity index is 441. The quantitative estimate of drug-likeness (QED) is 0.842. The Kier molecular flexibility index (Phi) is 4.43. The second kappa shape index (κ2) is 6.06. The van der Waals surface area contributed by atoms with Gasteiger partial charge in [-0.3, -0.25) is 4.79 Å². The van der Waals surface area contributed by atoms with Gasteiger partial charge in [0.2, 0.25) is 5.91 Å². The van der Waals surface area contributed by atoms with Crippen molar-refractivity contribution >= 4 is 11.6 Å². The van der Waals surface area contributed by atoms with Gasteiger partial charge in [-0.2, -0.15) is 0 Å². The SMILES string of the molecule is CN(C)C(=O)CN(C)c1ccccc1CNC1CC1. The van der Waals surface area contributed by atoms with Crippen LogP contribution in [-0.2, 0) is 11.3 Å². The molecule has 19 heavy (non-hydrogen) atoms. The summed E-state index contributed by atoms with van der Waals surface area (Å²) in [6, 6.07) is 8.97. The monoisotopic (exact) mass is 261 g/mol. The Morgan fingerprint density at radius 3 is 2.58 bits per heavy atom. The predicted octanol–water partition coefficient (Wildman–Crippen LogP) is 1.46. The third kappa shape index (κ3) is 3.96. The van der Waals surface area contributed by atoms with Gasteiger partial charge >= 0.3 is 0 Å². The molecule has 0 heterocycles. The highest BCUT2D eigenvalue weighted by molar-refractivity contribution is 5.81. The number of anilines is 1. The van der Waals surface area contributed by atoms with E-state index in [9.17, 15) is 4.79 Å². The maximum atomic E-state index is 11.8. The van der Waals surface area contributed by atoms with Gasteiger partial charge in [0.15, 0.2) is 0 Å². The summed E-state index contributed by atoms with van der Waals surface area (Å²) < 4.78 is 0. The van der Waals surface area contributed by atoms with Crippen LogP contribution in [0.5, 0.6) is 0 Å². The van der Waals surface area contributed by atoms with Crippen molar-refractivity contribution in [2.45, 2.75) is 25.4 Å². The van der Waals surface area contributed by atoms with Crippen LogP contribution in [0.25, 0.3) is 0 Å². The van der Waals surface area contributed by atoms with E-state index in [0.29, 0.717) is 12.6 Å². The molecule has 1 amide bonds. The standard InChI is InChI=1S/C15H23N3O/c1-17(2)15(19)11-18(3)14-7-5-4-6-12(14)10-16-13-8-9-13/h4-7,13,16H,8-11H2,1-3H3. The first-order valence-electron chi connectivity index (χ1n) is 6.80. The summed E-state index contributed by atoms with van der Waals surface area (Å²) in [6.07, 6.45) is 2.58. The minimum Gasteiger partial charge on any atom is -0.365 e. The van der Waals surface area contributed by atoms with Crippen molar-refractivity contribution in [3.05, 3.63) is 29.8 Å². The number of nitrogens with one attached hydrogen (secondary N) is 1. The van der Waals surface area contributed by atoms with Crippen molar-refractivity contribution in [3.63, 3.8) is 0 Å². The zero-order valence-corrected chi connectivity index (χ0v) is 12.0. The number of rotatable bonds is 6. The molecule has 1 aromatic rings. The minimum atomic E-state index is 0.118. The maximum Gasteiger partial charge on any atom is 0.241 e. The van der Waals surface area contributed by atoms with E-state index in [2.05, 4.69) is 23.5 Å². The molecule has 1 aliphatic rings. The lowest BCUT2D eigenvalue weighted by Crippen LogP contribution is -2.35. The van der Waals surface area contributed by atoms with Gasteiger partial charge in [0.05, 0.1) is 6.54 Å². The number of hydrogen-bond acceptors (Lipinski definition) is 3. The Morgan fingerprint density at radius 1 is 1.26 bits per heavy atom. The molecule has 0 unspecified atom stereocenters. The average Bonchev–Trinajstić information content (AvgIpc) is 3.20. The Balaban J connectivity index is 2.02. The highest BCUT2D eigenvalue weighted by Crippen LogP contribution is 2.23. The number of amides is 1. The van der Waals surface area contributed by atoms with Crippen LogP contribution in [0.2, 0.25) is 0 Å². The molecule has 4 heteroatoms.